The van der Waals surface area contributed by atoms with E-state index in [9.17, 15) is 14.4 Å². The fourth-order valence-corrected chi connectivity index (χ4v) is 6.13. The zero-order valence-corrected chi connectivity index (χ0v) is 21.0. The van der Waals surface area contributed by atoms with Crippen molar-refractivity contribution in [3.05, 3.63) is 59.2 Å². The maximum Gasteiger partial charge on any atom is 0.262 e. The summed E-state index contributed by atoms with van der Waals surface area (Å²) in [5.41, 5.74) is 1.43. The average molecular weight is 507 g/mol. The van der Waals surface area contributed by atoms with Crippen LogP contribution in [0.2, 0.25) is 0 Å². The van der Waals surface area contributed by atoms with E-state index in [4.69, 9.17) is 18.9 Å². The molecule has 37 heavy (non-hydrogen) atoms. The Labute approximate surface area is 215 Å². The second-order valence-electron chi connectivity index (χ2n) is 10.0. The number of ether oxygens (including phenoxy) is 4. The van der Waals surface area contributed by atoms with Crippen molar-refractivity contribution in [2.45, 2.75) is 62.6 Å². The first-order valence-electron chi connectivity index (χ1n) is 12.8. The molecule has 0 radical (unpaired) electrons. The van der Waals surface area contributed by atoms with Crippen molar-refractivity contribution < 1.29 is 33.3 Å². The molecule has 2 saturated heterocycles. The minimum Gasteiger partial charge on any atom is -0.497 e. The van der Waals surface area contributed by atoms with Gasteiger partial charge in [0.15, 0.2) is 5.79 Å². The van der Waals surface area contributed by atoms with E-state index in [1.54, 1.807) is 49.5 Å². The number of methoxy groups -OCH3 is 2. The second kappa shape index (κ2) is 9.15. The molecule has 3 fully saturated rings. The van der Waals surface area contributed by atoms with E-state index in [0.29, 0.717) is 29.2 Å². The van der Waals surface area contributed by atoms with Gasteiger partial charge in [0.05, 0.1) is 38.0 Å². The van der Waals surface area contributed by atoms with Crippen LogP contribution in [-0.2, 0) is 20.8 Å². The molecule has 1 saturated carbocycles. The molecule has 0 aromatic heterocycles. The highest BCUT2D eigenvalue weighted by Crippen LogP contribution is 2.44. The summed E-state index contributed by atoms with van der Waals surface area (Å²) < 4.78 is 23.6. The predicted molar refractivity (Wildman–Crippen MR) is 131 cm³/mol. The smallest absolute Gasteiger partial charge is 0.262 e. The number of nitrogens with zero attached hydrogens (tertiary/aromatic N) is 2. The fraction of sp³-hybridized carbons (Fsp3) is 0.464. The molecule has 0 N–H and O–H groups in total. The van der Waals surface area contributed by atoms with Gasteiger partial charge in [-0.15, -0.1) is 0 Å². The maximum absolute atomic E-state index is 13.7. The van der Waals surface area contributed by atoms with Crippen molar-refractivity contribution >= 4 is 17.7 Å². The molecule has 1 spiro atoms. The molecule has 9 nitrogen and oxygen atoms in total. The first kappa shape index (κ1) is 23.9. The standard InChI is InChI=1S/C28H30N2O7/c1-34-18-11-10-17(21(14-18)35-2)15-29-23(22-16-36-28(37-22)12-6-3-7-13-28)24(27(29)33)30-25(31)19-8-4-5-9-20(19)26(30)32/h4-5,8-11,14,22-24H,3,6-7,12-13,15-16H2,1-2H3/t22?,23-,24+/m0/s1. The van der Waals surface area contributed by atoms with Crippen molar-refractivity contribution in [3.63, 3.8) is 0 Å². The molecule has 3 atom stereocenters. The molecule has 1 aliphatic carbocycles. The second-order valence-corrected chi connectivity index (χ2v) is 10.0. The average Bonchev–Trinajstić information content (AvgIpc) is 3.43. The van der Waals surface area contributed by atoms with Gasteiger partial charge in [0.1, 0.15) is 23.6 Å². The number of carbonyl (C=O) groups is 3. The normalized spacial score (nSPS) is 26.4. The molecular formula is C28H30N2O7. The van der Waals surface area contributed by atoms with Crippen LogP contribution in [0, 0.1) is 0 Å². The molecule has 3 amide bonds. The fourth-order valence-electron chi connectivity index (χ4n) is 6.13. The van der Waals surface area contributed by atoms with Crippen LogP contribution >= 0.6 is 0 Å². The highest BCUT2D eigenvalue weighted by molar-refractivity contribution is 6.23. The molecule has 1 unspecified atom stereocenters. The van der Waals surface area contributed by atoms with Gasteiger partial charge in [-0.3, -0.25) is 19.3 Å². The summed E-state index contributed by atoms with van der Waals surface area (Å²) in [5, 5.41) is 0. The monoisotopic (exact) mass is 506 g/mol. The Morgan fingerprint density at radius 3 is 2.30 bits per heavy atom. The summed E-state index contributed by atoms with van der Waals surface area (Å²) in [5.74, 6) is -0.623. The van der Waals surface area contributed by atoms with Crippen LogP contribution in [-0.4, -0.2) is 72.3 Å². The quantitative estimate of drug-likeness (QED) is 0.439. The van der Waals surface area contributed by atoms with Crippen molar-refractivity contribution in [1.82, 2.24) is 9.80 Å². The summed E-state index contributed by atoms with van der Waals surface area (Å²) in [6, 6.07) is 10.6. The van der Waals surface area contributed by atoms with Crippen LogP contribution in [0.15, 0.2) is 42.5 Å². The van der Waals surface area contributed by atoms with Gasteiger partial charge in [-0.2, -0.15) is 0 Å². The van der Waals surface area contributed by atoms with Crippen LogP contribution in [0.25, 0.3) is 0 Å². The lowest BCUT2D eigenvalue weighted by Gasteiger charge is -2.51. The first-order chi connectivity index (χ1) is 18.0. The number of β-lactam (4-membered cyclic amide) rings is 1. The Morgan fingerprint density at radius 2 is 1.65 bits per heavy atom. The lowest BCUT2D eigenvalue weighted by atomic mass is 9.87. The van der Waals surface area contributed by atoms with Gasteiger partial charge in [-0.25, -0.2) is 0 Å². The minimum atomic E-state index is -0.955. The molecule has 3 heterocycles. The number of hydrogen-bond donors (Lipinski definition) is 0. The van der Waals surface area contributed by atoms with E-state index in [-0.39, 0.29) is 12.5 Å². The van der Waals surface area contributed by atoms with Crippen LogP contribution in [0.4, 0.5) is 0 Å². The third kappa shape index (κ3) is 3.79. The summed E-state index contributed by atoms with van der Waals surface area (Å²) in [4.78, 5) is 43.1. The van der Waals surface area contributed by atoms with E-state index in [2.05, 4.69) is 0 Å². The Kier molecular flexibility index (Phi) is 5.92. The lowest BCUT2D eigenvalue weighted by molar-refractivity contribution is -0.203. The van der Waals surface area contributed by atoms with Crippen LogP contribution in [0.5, 0.6) is 11.5 Å². The summed E-state index contributed by atoms with van der Waals surface area (Å²) >= 11 is 0. The molecule has 0 bridgehead atoms. The summed E-state index contributed by atoms with van der Waals surface area (Å²) in [6.45, 7) is 0.539. The third-order valence-corrected chi connectivity index (χ3v) is 8.03. The van der Waals surface area contributed by atoms with Crippen molar-refractivity contribution in [1.29, 1.82) is 0 Å². The highest BCUT2D eigenvalue weighted by atomic mass is 16.7. The highest BCUT2D eigenvalue weighted by Gasteiger charge is 2.61. The molecule has 6 rings (SSSR count). The largest absolute Gasteiger partial charge is 0.497 e. The zero-order valence-electron chi connectivity index (χ0n) is 21.0. The summed E-state index contributed by atoms with van der Waals surface area (Å²) in [6.07, 6.45) is 4.31. The number of amides is 3. The Morgan fingerprint density at radius 1 is 0.946 bits per heavy atom. The van der Waals surface area contributed by atoms with E-state index in [1.165, 1.54) is 0 Å². The van der Waals surface area contributed by atoms with Crippen molar-refractivity contribution in [2.24, 2.45) is 0 Å². The van der Waals surface area contributed by atoms with E-state index in [0.717, 1.165) is 42.6 Å². The zero-order chi connectivity index (χ0) is 25.7. The van der Waals surface area contributed by atoms with Crippen molar-refractivity contribution in [2.75, 3.05) is 20.8 Å². The van der Waals surface area contributed by atoms with Gasteiger partial charge in [0.2, 0.25) is 5.91 Å². The minimum absolute atomic E-state index is 0.239. The van der Waals surface area contributed by atoms with Crippen LogP contribution in [0.1, 0.15) is 58.4 Å². The SMILES string of the molecule is COc1ccc(CN2C(=O)[C@H](N3C(=O)c4ccccc4C3=O)[C@@H]2C2COC3(CCCCC3)O2)c(OC)c1. The van der Waals surface area contributed by atoms with E-state index < -0.39 is 35.8 Å². The van der Waals surface area contributed by atoms with Gasteiger partial charge < -0.3 is 23.8 Å². The number of rotatable bonds is 6. The Balaban J connectivity index is 1.32. The van der Waals surface area contributed by atoms with Crippen molar-refractivity contribution in [3.8, 4) is 11.5 Å². The van der Waals surface area contributed by atoms with Crippen LogP contribution < -0.4 is 9.47 Å². The molecule has 9 heteroatoms. The third-order valence-electron chi connectivity index (χ3n) is 8.03. The molecule has 4 aliphatic rings. The van der Waals surface area contributed by atoms with Gasteiger partial charge in [-0.05, 0) is 37.1 Å². The number of benzene rings is 2. The Hall–Kier alpha value is -3.43. The molecule has 2 aromatic rings. The Bertz CT molecular complexity index is 1220. The molecular weight excluding hydrogens is 476 g/mol. The number of likely N-dealkylation sites (tertiary alicyclic amines) is 1. The van der Waals surface area contributed by atoms with Gasteiger partial charge in [-0.1, -0.05) is 18.6 Å². The lowest BCUT2D eigenvalue weighted by Crippen LogP contribution is -2.74. The molecule has 3 aliphatic heterocycles. The number of fused-ring (bicyclic) bond motifs is 1. The van der Waals surface area contributed by atoms with E-state index >= 15 is 0 Å². The topological polar surface area (TPSA) is 94.6 Å². The summed E-state index contributed by atoms with van der Waals surface area (Å²) in [7, 11) is 3.14. The number of carbonyl (C=O) groups excluding carboxylic acids is 3. The van der Waals surface area contributed by atoms with Gasteiger partial charge in [0.25, 0.3) is 11.8 Å². The predicted octanol–water partition coefficient (Wildman–Crippen LogP) is 3.16. The molecule has 2 aromatic carbocycles. The van der Waals surface area contributed by atoms with Gasteiger partial charge >= 0.3 is 0 Å². The first-order valence-corrected chi connectivity index (χ1v) is 12.8. The maximum atomic E-state index is 13.7. The van der Waals surface area contributed by atoms with Crippen LogP contribution in [0.3, 0.4) is 0 Å². The van der Waals surface area contributed by atoms with E-state index in [1.807, 2.05) is 12.1 Å². The number of hydrogen-bond acceptors (Lipinski definition) is 7. The number of imide groups is 1. The molecule has 194 valence electrons. The van der Waals surface area contributed by atoms with Gasteiger partial charge in [0, 0.05) is 31.0 Å².